The zero-order valence-electron chi connectivity index (χ0n) is 15.9. The van der Waals surface area contributed by atoms with Gasteiger partial charge in [-0.15, -0.1) is 0 Å². The second kappa shape index (κ2) is 7.09. The van der Waals surface area contributed by atoms with Gasteiger partial charge < -0.3 is 0 Å². The molecule has 3 aromatic rings. The zero-order valence-corrected chi connectivity index (χ0v) is 16.7. The molecule has 142 valence electrons. The molecule has 27 heavy (non-hydrogen) atoms. The highest BCUT2D eigenvalue weighted by molar-refractivity contribution is 7.89. The number of hydrogen-bond donors (Lipinski definition) is 0. The lowest BCUT2D eigenvalue weighted by molar-refractivity contribution is 0.346. The molecule has 0 radical (unpaired) electrons. The van der Waals surface area contributed by atoms with Gasteiger partial charge in [0.1, 0.15) is 4.90 Å². The highest BCUT2D eigenvalue weighted by Gasteiger charge is 2.31. The summed E-state index contributed by atoms with van der Waals surface area (Å²) in [5.41, 5.74) is 2.41. The first-order valence-electron chi connectivity index (χ1n) is 9.48. The van der Waals surface area contributed by atoms with Gasteiger partial charge in [0.15, 0.2) is 0 Å². The van der Waals surface area contributed by atoms with Crippen LogP contribution in [-0.4, -0.2) is 35.6 Å². The summed E-state index contributed by atoms with van der Waals surface area (Å²) >= 11 is 0. The molecule has 1 aromatic heterocycles. The molecule has 0 spiro atoms. The number of piperidine rings is 1. The smallest absolute Gasteiger partial charge is 0.246 e. The summed E-state index contributed by atoms with van der Waals surface area (Å²) in [6, 6.07) is 14.6. The molecule has 0 amide bonds. The van der Waals surface area contributed by atoms with E-state index in [1.54, 1.807) is 11.2 Å². The summed E-state index contributed by atoms with van der Waals surface area (Å²) in [5, 5.41) is 6.93. The molecule has 1 aliphatic rings. The highest BCUT2D eigenvalue weighted by atomic mass is 32.2. The van der Waals surface area contributed by atoms with Gasteiger partial charge in [0, 0.05) is 13.1 Å². The number of aryl methyl sites for hydroxylation is 1. The van der Waals surface area contributed by atoms with Crippen molar-refractivity contribution in [3.63, 3.8) is 0 Å². The molecule has 1 fully saturated rings. The van der Waals surface area contributed by atoms with Crippen molar-refractivity contribution in [1.29, 1.82) is 0 Å². The molecular weight excluding hydrogens is 358 g/mol. The third-order valence-electron chi connectivity index (χ3n) is 5.37. The Kier molecular flexibility index (Phi) is 4.78. The van der Waals surface area contributed by atoms with E-state index in [1.165, 1.54) is 10.8 Å². The van der Waals surface area contributed by atoms with Crippen LogP contribution in [0.1, 0.15) is 36.2 Å². The van der Waals surface area contributed by atoms with E-state index in [4.69, 9.17) is 0 Å². The minimum Gasteiger partial charge on any atom is -0.264 e. The van der Waals surface area contributed by atoms with Crippen molar-refractivity contribution in [2.24, 2.45) is 0 Å². The van der Waals surface area contributed by atoms with Crippen molar-refractivity contribution in [3.05, 3.63) is 59.4 Å². The average molecular weight is 384 g/mol. The van der Waals surface area contributed by atoms with E-state index >= 15 is 0 Å². The SMILES string of the molecule is Cc1nn(Cc2ccc3ccccc3c2)c(C)c1S(=O)(=O)N1CCCCC1. The van der Waals surface area contributed by atoms with Crippen molar-refractivity contribution < 1.29 is 8.42 Å². The van der Waals surface area contributed by atoms with E-state index in [0.717, 1.165) is 24.8 Å². The van der Waals surface area contributed by atoms with Crippen molar-refractivity contribution in [1.82, 2.24) is 14.1 Å². The lowest BCUT2D eigenvalue weighted by Crippen LogP contribution is -2.36. The molecule has 0 aliphatic carbocycles. The van der Waals surface area contributed by atoms with Crippen LogP contribution < -0.4 is 0 Å². The van der Waals surface area contributed by atoms with Crippen LogP contribution in [-0.2, 0) is 16.6 Å². The Hall–Kier alpha value is -2.18. The van der Waals surface area contributed by atoms with Gasteiger partial charge in [-0.2, -0.15) is 9.40 Å². The topological polar surface area (TPSA) is 55.2 Å². The molecule has 6 heteroatoms. The molecular formula is C21H25N3O2S. The molecule has 0 N–H and O–H groups in total. The molecule has 0 saturated carbocycles. The van der Waals surface area contributed by atoms with E-state index in [0.29, 0.717) is 35.9 Å². The first-order valence-corrected chi connectivity index (χ1v) is 10.9. The molecule has 5 nitrogen and oxygen atoms in total. The third kappa shape index (κ3) is 3.39. The van der Waals surface area contributed by atoms with E-state index < -0.39 is 10.0 Å². The normalized spacial score (nSPS) is 16.1. The Balaban J connectivity index is 1.67. The molecule has 0 atom stereocenters. The maximum atomic E-state index is 13.1. The standard InChI is InChI=1S/C21H25N3O2S/c1-16-21(27(25,26)23-12-6-3-7-13-23)17(2)24(22-16)15-18-10-11-19-8-4-5-9-20(19)14-18/h4-5,8-11,14H,3,6-7,12-13,15H2,1-2H3. The quantitative estimate of drug-likeness (QED) is 0.687. The molecule has 2 heterocycles. The Bertz CT molecular complexity index is 1080. The van der Waals surface area contributed by atoms with Crippen molar-refractivity contribution >= 4 is 20.8 Å². The molecule has 4 rings (SSSR count). The van der Waals surface area contributed by atoms with Gasteiger partial charge in [-0.1, -0.05) is 42.8 Å². The van der Waals surface area contributed by atoms with Crippen LogP contribution in [0.4, 0.5) is 0 Å². The number of rotatable bonds is 4. The summed E-state index contributed by atoms with van der Waals surface area (Å²) in [6.45, 7) is 5.43. The van der Waals surface area contributed by atoms with Gasteiger partial charge in [0.25, 0.3) is 0 Å². The van der Waals surface area contributed by atoms with E-state index in [-0.39, 0.29) is 0 Å². The van der Waals surface area contributed by atoms with Gasteiger partial charge in [-0.05, 0) is 49.1 Å². The second-order valence-electron chi connectivity index (χ2n) is 7.30. The second-order valence-corrected chi connectivity index (χ2v) is 9.18. The first kappa shape index (κ1) is 18.2. The van der Waals surface area contributed by atoms with Gasteiger partial charge in [-0.3, -0.25) is 4.68 Å². The number of hydrogen-bond acceptors (Lipinski definition) is 3. The molecule has 1 aliphatic heterocycles. The Morgan fingerprint density at radius 2 is 1.67 bits per heavy atom. The predicted molar refractivity (Wildman–Crippen MR) is 107 cm³/mol. The van der Waals surface area contributed by atoms with E-state index in [9.17, 15) is 8.42 Å². The lowest BCUT2D eigenvalue weighted by Gasteiger charge is -2.26. The lowest BCUT2D eigenvalue weighted by atomic mass is 10.1. The fourth-order valence-corrected chi connectivity index (χ4v) is 5.84. The molecule has 0 bridgehead atoms. The number of sulfonamides is 1. The van der Waals surface area contributed by atoms with Crippen LogP contribution in [0.25, 0.3) is 10.8 Å². The van der Waals surface area contributed by atoms with Crippen LogP contribution in [0.15, 0.2) is 47.4 Å². The fraction of sp³-hybridized carbons (Fsp3) is 0.381. The molecule has 2 aromatic carbocycles. The molecule has 0 unspecified atom stereocenters. The summed E-state index contributed by atoms with van der Waals surface area (Å²) in [6.07, 6.45) is 2.97. The highest BCUT2D eigenvalue weighted by Crippen LogP contribution is 2.27. The predicted octanol–water partition coefficient (Wildman–Crippen LogP) is 3.88. The third-order valence-corrected chi connectivity index (χ3v) is 7.53. The minimum absolute atomic E-state index is 0.380. The van der Waals surface area contributed by atoms with E-state index in [2.05, 4.69) is 35.4 Å². The van der Waals surface area contributed by atoms with E-state index in [1.807, 2.05) is 23.7 Å². The zero-order chi connectivity index (χ0) is 19.0. The maximum absolute atomic E-state index is 13.1. The van der Waals surface area contributed by atoms with Gasteiger partial charge >= 0.3 is 0 Å². The first-order chi connectivity index (χ1) is 13.0. The number of benzene rings is 2. The Morgan fingerprint density at radius 3 is 2.41 bits per heavy atom. The number of nitrogens with zero attached hydrogens (tertiary/aromatic N) is 3. The average Bonchev–Trinajstić information content (AvgIpc) is 2.96. The Labute approximate surface area is 160 Å². The molecule has 1 saturated heterocycles. The summed E-state index contributed by atoms with van der Waals surface area (Å²) in [4.78, 5) is 0.380. The van der Waals surface area contributed by atoms with Crippen molar-refractivity contribution in [2.75, 3.05) is 13.1 Å². The van der Waals surface area contributed by atoms with Crippen molar-refractivity contribution in [2.45, 2.75) is 44.6 Å². The van der Waals surface area contributed by atoms with Gasteiger partial charge in [0.05, 0.1) is 17.9 Å². The monoisotopic (exact) mass is 383 g/mol. The van der Waals surface area contributed by atoms with Gasteiger partial charge in [-0.25, -0.2) is 8.42 Å². The minimum atomic E-state index is -3.48. The van der Waals surface area contributed by atoms with Crippen LogP contribution in [0, 0.1) is 13.8 Å². The largest absolute Gasteiger partial charge is 0.264 e. The maximum Gasteiger partial charge on any atom is 0.246 e. The van der Waals surface area contributed by atoms with Gasteiger partial charge in [0.2, 0.25) is 10.0 Å². The van der Waals surface area contributed by atoms with Crippen LogP contribution >= 0.6 is 0 Å². The number of fused-ring (bicyclic) bond motifs is 1. The summed E-state index contributed by atoms with van der Waals surface area (Å²) in [5.74, 6) is 0. The summed E-state index contributed by atoms with van der Waals surface area (Å²) < 4.78 is 29.7. The summed E-state index contributed by atoms with van der Waals surface area (Å²) in [7, 11) is -3.48. The van der Waals surface area contributed by atoms with Crippen LogP contribution in [0.2, 0.25) is 0 Å². The van der Waals surface area contributed by atoms with Crippen LogP contribution in [0.3, 0.4) is 0 Å². The van der Waals surface area contributed by atoms with Crippen LogP contribution in [0.5, 0.6) is 0 Å². The Morgan fingerprint density at radius 1 is 0.963 bits per heavy atom. The fourth-order valence-electron chi connectivity index (χ4n) is 3.95. The van der Waals surface area contributed by atoms with Crippen molar-refractivity contribution in [3.8, 4) is 0 Å². The number of aromatic nitrogens is 2.